The van der Waals surface area contributed by atoms with Gasteiger partial charge in [-0.2, -0.15) is 0 Å². The highest BCUT2D eigenvalue weighted by Gasteiger charge is 2.35. The van der Waals surface area contributed by atoms with E-state index in [1.807, 2.05) is 18.2 Å². The van der Waals surface area contributed by atoms with Crippen molar-refractivity contribution in [2.75, 3.05) is 5.73 Å². The largest absolute Gasteiger partial charge is 0.454 e. The molecule has 1 aliphatic heterocycles. The normalized spacial score (nSPS) is 22.7. The van der Waals surface area contributed by atoms with Crippen molar-refractivity contribution in [3.8, 4) is 0 Å². The van der Waals surface area contributed by atoms with Gasteiger partial charge in [0.25, 0.3) is 0 Å². The van der Waals surface area contributed by atoms with Gasteiger partial charge < -0.3 is 10.5 Å². The average molecular weight is 187 g/mol. The van der Waals surface area contributed by atoms with E-state index < -0.39 is 0 Å². The third-order valence-electron chi connectivity index (χ3n) is 2.76. The molecule has 0 radical (unpaired) electrons. The Balaban J connectivity index is 2.24. The Bertz CT molecular complexity index is 462. The summed E-state index contributed by atoms with van der Waals surface area (Å²) in [5.41, 5.74) is 9.72. The van der Waals surface area contributed by atoms with Crippen molar-refractivity contribution < 1.29 is 9.53 Å². The minimum atomic E-state index is -0.251. The molecule has 1 aromatic carbocycles. The van der Waals surface area contributed by atoms with E-state index in [1.165, 1.54) is 5.56 Å². The number of nitrogen functional groups attached to an aromatic ring is 1. The smallest absolute Gasteiger partial charge is 0.331 e. The number of rotatable bonds is 0. The van der Waals surface area contributed by atoms with Gasteiger partial charge in [-0.1, -0.05) is 12.1 Å². The van der Waals surface area contributed by atoms with E-state index in [0.29, 0.717) is 0 Å². The van der Waals surface area contributed by atoms with Crippen LogP contribution in [0.5, 0.6) is 0 Å². The van der Waals surface area contributed by atoms with E-state index in [-0.39, 0.29) is 12.1 Å². The van der Waals surface area contributed by atoms with Gasteiger partial charge in [-0.3, -0.25) is 0 Å². The van der Waals surface area contributed by atoms with E-state index in [0.717, 1.165) is 23.2 Å². The molecule has 0 saturated carbocycles. The standard InChI is InChI=1S/C11H9NO2/c12-8-3-1-2-6-4-9-7(11(6)8)5-10(13)14-9/h1-3,5,9H,4,12H2. The Morgan fingerprint density at radius 3 is 3.14 bits per heavy atom. The lowest BCUT2D eigenvalue weighted by molar-refractivity contribution is -0.138. The topological polar surface area (TPSA) is 52.3 Å². The number of esters is 1. The number of ether oxygens (including phenoxy) is 1. The summed E-state index contributed by atoms with van der Waals surface area (Å²) in [6.45, 7) is 0. The first-order valence-electron chi connectivity index (χ1n) is 4.55. The Kier molecular flexibility index (Phi) is 1.29. The van der Waals surface area contributed by atoms with Crippen molar-refractivity contribution in [3.63, 3.8) is 0 Å². The fraction of sp³-hybridized carbons (Fsp3) is 0.182. The first-order valence-corrected chi connectivity index (χ1v) is 4.55. The van der Waals surface area contributed by atoms with E-state index in [1.54, 1.807) is 6.08 Å². The monoisotopic (exact) mass is 187 g/mol. The number of benzene rings is 1. The zero-order chi connectivity index (χ0) is 9.71. The van der Waals surface area contributed by atoms with Crippen molar-refractivity contribution in [1.29, 1.82) is 0 Å². The molecule has 14 heavy (non-hydrogen) atoms. The fourth-order valence-corrected chi connectivity index (χ4v) is 2.18. The molecule has 70 valence electrons. The van der Waals surface area contributed by atoms with Gasteiger partial charge in [0, 0.05) is 29.3 Å². The number of hydrogen-bond acceptors (Lipinski definition) is 3. The summed E-state index contributed by atoms with van der Waals surface area (Å²) in [6.07, 6.45) is 2.22. The van der Waals surface area contributed by atoms with Gasteiger partial charge in [0.2, 0.25) is 0 Å². The second kappa shape index (κ2) is 2.38. The number of anilines is 1. The van der Waals surface area contributed by atoms with E-state index in [4.69, 9.17) is 10.5 Å². The summed E-state index contributed by atoms with van der Waals surface area (Å²) < 4.78 is 5.14. The Labute approximate surface area is 81.2 Å². The molecule has 2 aliphatic rings. The van der Waals surface area contributed by atoms with Crippen LogP contribution in [0.25, 0.3) is 5.57 Å². The lowest BCUT2D eigenvalue weighted by Crippen LogP contribution is -2.08. The van der Waals surface area contributed by atoms with Crippen LogP contribution in [0.2, 0.25) is 0 Å². The molecule has 1 unspecified atom stereocenters. The van der Waals surface area contributed by atoms with Crippen molar-refractivity contribution in [3.05, 3.63) is 35.4 Å². The number of hydrogen-bond donors (Lipinski definition) is 1. The number of fused-ring (bicyclic) bond motifs is 3. The molecular formula is C11H9NO2. The summed E-state index contributed by atoms with van der Waals surface area (Å²) in [7, 11) is 0. The molecular weight excluding hydrogens is 178 g/mol. The second-order valence-corrected chi connectivity index (χ2v) is 3.61. The first-order chi connectivity index (χ1) is 6.75. The summed E-state index contributed by atoms with van der Waals surface area (Å²) in [5, 5.41) is 0. The van der Waals surface area contributed by atoms with Crippen molar-refractivity contribution in [2.45, 2.75) is 12.5 Å². The highest BCUT2D eigenvalue weighted by atomic mass is 16.5. The predicted octanol–water partition coefficient (Wildman–Crippen LogP) is 1.13. The molecule has 0 fully saturated rings. The molecule has 0 amide bonds. The van der Waals surface area contributed by atoms with Crippen molar-refractivity contribution in [2.24, 2.45) is 0 Å². The van der Waals surface area contributed by atoms with Crippen LogP contribution >= 0.6 is 0 Å². The van der Waals surface area contributed by atoms with Crippen LogP contribution in [-0.4, -0.2) is 12.1 Å². The van der Waals surface area contributed by atoms with Gasteiger partial charge in [-0.25, -0.2) is 4.79 Å². The van der Waals surface area contributed by atoms with Crippen LogP contribution in [0.4, 0.5) is 5.69 Å². The van der Waals surface area contributed by atoms with Crippen molar-refractivity contribution >= 4 is 17.2 Å². The van der Waals surface area contributed by atoms with Crippen LogP contribution < -0.4 is 5.73 Å². The molecule has 2 N–H and O–H groups in total. The van der Waals surface area contributed by atoms with Gasteiger partial charge in [-0.05, 0) is 11.6 Å². The molecule has 0 saturated heterocycles. The highest BCUT2D eigenvalue weighted by Crippen LogP contribution is 2.40. The Morgan fingerprint density at radius 2 is 2.29 bits per heavy atom. The number of nitrogens with two attached hydrogens (primary N) is 1. The quantitative estimate of drug-likeness (QED) is 0.489. The van der Waals surface area contributed by atoms with Gasteiger partial charge in [0.05, 0.1) is 0 Å². The van der Waals surface area contributed by atoms with Crippen molar-refractivity contribution in [1.82, 2.24) is 0 Å². The number of carbonyl (C=O) groups excluding carboxylic acids is 1. The molecule has 3 heteroatoms. The van der Waals surface area contributed by atoms with Crippen LogP contribution in [0.3, 0.4) is 0 Å². The summed E-state index contributed by atoms with van der Waals surface area (Å²) in [4.78, 5) is 11.0. The van der Waals surface area contributed by atoms with Crippen LogP contribution in [0.1, 0.15) is 11.1 Å². The molecule has 1 atom stereocenters. The Morgan fingerprint density at radius 1 is 1.43 bits per heavy atom. The average Bonchev–Trinajstić information content (AvgIpc) is 2.60. The van der Waals surface area contributed by atoms with Gasteiger partial charge >= 0.3 is 5.97 Å². The molecule has 0 aromatic heterocycles. The molecule has 0 bridgehead atoms. The fourth-order valence-electron chi connectivity index (χ4n) is 2.18. The first kappa shape index (κ1) is 7.62. The van der Waals surface area contributed by atoms with Gasteiger partial charge in [-0.15, -0.1) is 0 Å². The molecule has 3 rings (SSSR count). The molecule has 1 aliphatic carbocycles. The lowest BCUT2D eigenvalue weighted by Gasteiger charge is -2.03. The third kappa shape index (κ3) is 0.839. The summed E-state index contributed by atoms with van der Waals surface area (Å²) >= 11 is 0. The van der Waals surface area contributed by atoms with Gasteiger partial charge in [0.15, 0.2) is 0 Å². The maximum absolute atomic E-state index is 11.0. The lowest BCUT2D eigenvalue weighted by atomic mass is 10.1. The zero-order valence-electron chi connectivity index (χ0n) is 7.49. The van der Waals surface area contributed by atoms with E-state index in [2.05, 4.69) is 0 Å². The maximum Gasteiger partial charge on any atom is 0.331 e. The van der Waals surface area contributed by atoms with Gasteiger partial charge in [0.1, 0.15) is 6.10 Å². The maximum atomic E-state index is 11.0. The zero-order valence-corrected chi connectivity index (χ0v) is 7.49. The highest BCUT2D eigenvalue weighted by molar-refractivity contribution is 6.01. The van der Waals surface area contributed by atoms with E-state index >= 15 is 0 Å². The van der Waals surface area contributed by atoms with Crippen LogP contribution in [0.15, 0.2) is 24.3 Å². The molecule has 0 spiro atoms. The summed E-state index contributed by atoms with van der Waals surface area (Å²) in [5.74, 6) is -0.251. The minimum Gasteiger partial charge on any atom is -0.454 e. The molecule has 1 aromatic rings. The SMILES string of the molecule is Nc1cccc2c1C1=CC(=O)OC1C2. The third-order valence-corrected chi connectivity index (χ3v) is 2.76. The van der Waals surface area contributed by atoms with E-state index in [9.17, 15) is 4.79 Å². The van der Waals surface area contributed by atoms with Crippen LogP contribution in [-0.2, 0) is 16.0 Å². The Hall–Kier alpha value is -1.77. The molecule has 1 heterocycles. The minimum absolute atomic E-state index is 0.0952. The predicted molar refractivity (Wildman–Crippen MR) is 52.4 cm³/mol. The molecule has 3 nitrogen and oxygen atoms in total. The van der Waals surface area contributed by atoms with Crippen LogP contribution in [0, 0.1) is 0 Å². The summed E-state index contributed by atoms with van der Waals surface area (Å²) in [6, 6.07) is 5.81. The second-order valence-electron chi connectivity index (χ2n) is 3.61. The number of carbonyl (C=O) groups is 1.